The van der Waals surface area contributed by atoms with Gasteiger partial charge in [0.2, 0.25) is 0 Å². The van der Waals surface area contributed by atoms with Crippen LogP contribution in [-0.2, 0) is 5.41 Å². The van der Waals surface area contributed by atoms with E-state index in [4.69, 9.17) is 0 Å². The lowest BCUT2D eigenvalue weighted by atomic mass is 9.76. The third-order valence-electron chi connectivity index (χ3n) is 13.8. The van der Waals surface area contributed by atoms with Crippen LogP contribution in [0.25, 0.3) is 69.9 Å². The van der Waals surface area contributed by atoms with E-state index in [1.807, 2.05) is 11.3 Å². The van der Waals surface area contributed by atoms with E-state index in [2.05, 4.69) is 203 Å². The summed E-state index contributed by atoms with van der Waals surface area (Å²) in [6.45, 7) is 0. The molecule has 1 saturated heterocycles. The second kappa shape index (κ2) is 13.4. The van der Waals surface area contributed by atoms with Crippen molar-refractivity contribution in [3.8, 4) is 33.1 Å². The van der Waals surface area contributed by atoms with Crippen molar-refractivity contribution in [2.24, 2.45) is 0 Å². The highest BCUT2D eigenvalue weighted by Gasteiger charge is 2.50. The fraction of sp³-hybridized carbons (Fsp3) is 0.125. The number of hydrogen-bond acceptors (Lipinski definition) is 2. The zero-order valence-electron chi connectivity index (χ0n) is 33.1. The molecule has 5 heterocycles. The van der Waals surface area contributed by atoms with Crippen LogP contribution in [0.3, 0.4) is 0 Å². The Morgan fingerprint density at radius 2 is 1.07 bits per heavy atom. The van der Waals surface area contributed by atoms with Crippen LogP contribution in [0.1, 0.15) is 31.2 Å². The molecule has 3 aliphatic heterocycles. The first kappa shape index (κ1) is 34.6. The molecule has 2 bridgehead atoms. The Morgan fingerprint density at radius 1 is 0.483 bits per heavy atom. The molecule has 2 atom stereocenters. The van der Waals surface area contributed by atoms with Crippen LogP contribution in [0, 0.1) is 5.18 Å². The third kappa shape index (κ3) is 5.35. The van der Waals surface area contributed by atoms with E-state index in [1.165, 1.54) is 107 Å². The summed E-state index contributed by atoms with van der Waals surface area (Å²) < 4.78 is 5.08. The lowest BCUT2D eigenvalue weighted by Crippen LogP contribution is -2.28. The number of thiol groups is 1. The molecule has 8 aromatic carbocycles. The average Bonchev–Trinajstić information content (AvgIpc) is 4.10. The highest BCUT2D eigenvalue weighted by atomic mass is 32.2. The van der Waals surface area contributed by atoms with Crippen molar-refractivity contribution in [1.82, 2.24) is 4.57 Å². The minimum Gasteiger partial charge on any atom is -0.310 e. The first-order chi connectivity index (χ1) is 29.7. The molecular weight excluding hydrogens is 765 g/mol. The Bertz CT molecular complexity index is 3360. The van der Waals surface area contributed by atoms with Crippen LogP contribution in [0.4, 0.5) is 17.1 Å². The predicted molar refractivity (Wildman–Crippen MR) is 260 cm³/mol. The maximum absolute atomic E-state index is 4.22. The molecule has 2 nitrogen and oxygen atoms in total. The Kier molecular flexibility index (Phi) is 7.70. The van der Waals surface area contributed by atoms with E-state index in [9.17, 15) is 0 Å². The number of anilines is 3. The molecule has 0 spiro atoms. The number of thiophene rings is 1. The number of aromatic nitrogens is 1. The van der Waals surface area contributed by atoms with Gasteiger partial charge in [-0.1, -0.05) is 109 Å². The van der Waals surface area contributed by atoms with Gasteiger partial charge in [0.15, 0.2) is 0 Å². The number of rotatable bonds is 7. The first-order valence-corrected chi connectivity index (χ1v) is 23.6. The first-order valence-electron chi connectivity index (χ1n) is 21.3. The summed E-state index contributed by atoms with van der Waals surface area (Å²) in [6.07, 6.45) is 5.40. The highest BCUT2D eigenvalue weighted by molar-refractivity contribution is 8.08. The Labute approximate surface area is 356 Å². The van der Waals surface area contributed by atoms with Crippen molar-refractivity contribution < 1.29 is 0 Å². The van der Waals surface area contributed by atoms with Gasteiger partial charge in [-0.2, -0.15) is 10.3 Å². The molecule has 10 aromatic rings. The van der Waals surface area contributed by atoms with E-state index in [-0.39, 0.29) is 15.7 Å². The number of fused-ring (bicyclic) bond motifs is 7. The molecular formula is C56H42N2S2. The number of hydrogen-bond donors (Lipinski definition) is 1. The van der Waals surface area contributed by atoms with Crippen molar-refractivity contribution in [3.63, 3.8) is 0 Å². The van der Waals surface area contributed by atoms with Gasteiger partial charge in [0, 0.05) is 53.7 Å². The molecule has 0 saturated carbocycles. The van der Waals surface area contributed by atoms with Crippen molar-refractivity contribution >= 4 is 80.7 Å². The summed E-state index contributed by atoms with van der Waals surface area (Å²) in [7, 11) is -0.0320. The molecule has 1 fully saturated rings. The average molecular weight is 807 g/mol. The second-order valence-electron chi connectivity index (χ2n) is 17.1. The van der Waals surface area contributed by atoms with Crippen molar-refractivity contribution in [2.45, 2.75) is 41.6 Å². The molecule has 13 rings (SSSR count). The standard InChI is InChI=1S/C56H42N2S2/c1-4-16-52-48(13-1)49-14-2-5-17-53(49)58(52)44-11-7-9-39(31-44)37-19-24-42(25-20-37)57(45-12-8-10-41(33-45)56-34-46-28-29-47(35-56)60(46)36-56)43-26-21-38(22-27-43)40-23-30-55-51(32-40)50-15-3-6-18-54(50)59-55/h1-27,30-33,46-47,60H,28-29,34-35H2/t46-,47-/m0/s1. The molecule has 3 aliphatic rings. The van der Waals surface area contributed by atoms with Crippen molar-refractivity contribution in [2.75, 3.05) is 4.90 Å². The van der Waals surface area contributed by atoms with Gasteiger partial charge in [0.25, 0.3) is 0 Å². The smallest absolute Gasteiger partial charge is 0.0555 e. The maximum Gasteiger partial charge on any atom is 0.0555 e. The van der Waals surface area contributed by atoms with Gasteiger partial charge in [0.1, 0.15) is 0 Å². The molecule has 0 radical (unpaired) electrons. The summed E-state index contributed by atoms with van der Waals surface area (Å²) in [5.41, 5.74) is 13.6. The number of para-hydroxylation sites is 2. The number of benzene rings is 8. The van der Waals surface area contributed by atoms with E-state index in [1.54, 1.807) is 0 Å². The largest absolute Gasteiger partial charge is 0.310 e. The van der Waals surface area contributed by atoms with E-state index in [0.717, 1.165) is 21.9 Å². The van der Waals surface area contributed by atoms with Gasteiger partial charge >= 0.3 is 0 Å². The molecule has 288 valence electrons. The molecule has 0 N–H and O–H groups in total. The van der Waals surface area contributed by atoms with Crippen LogP contribution < -0.4 is 4.90 Å². The normalized spacial score (nSPS) is 20.3. The SMILES string of the molecule is C1#[SH]2[C@H]3CC[C@H]2CC1(c1cccc(N(c2ccc(-c4cccc(-n5c6ccccc6c6ccccc65)c4)cc2)c2ccc(-c4ccc5sc6ccccc6c5c4)cc2)c1)C3. The zero-order chi connectivity index (χ0) is 39.4. The van der Waals surface area contributed by atoms with E-state index < -0.39 is 0 Å². The molecule has 0 unspecified atom stereocenters. The maximum atomic E-state index is 4.22. The Morgan fingerprint density at radius 3 is 1.75 bits per heavy atom. The van der Waals surface area contributed by atoms with E-state index in [0.29, 0.717) is 0 Å². The van der Waals surface area contributed by atoms with Crippen LogP contribution >= 0.6 is 21.6 Å². The quantitative estimate of drug-likeness (QED) is 0.158. The predicted octanol–water partition coefficient (Wildman–Crippen LogP) is 15.5. The summed E-state index contributed by atoms with van der Waals surface area (Å²) in [6, 6.07) is 70.1. The topological polar surface area (TPSA) is 8.17 Å². The van der Waals surface area contributed by atoms with Gasteiger partial charge in [0.05, 0.1) is 16.4 Å². The molecule has 4 heteroatoms. The summed E-state index contributed by atoms with van der Waals surface area (Å²) in [5.74, 6) is 0. The Balaban J connectivity index is 0.887. The summed E-state index contributed by atoms with van der Waals surface area (Å²) >= 11 is 1.87. The lowest BCUT2D eigenvalue weighted by molar-refractivity contribution is 0.491. The molecule has 2 aromatic heterocycles. The van der Waals surface area contributed by atoms with Crippen molar-refractivity contribution in [1.29, 1.82) is 0 Å². The Hall–Kier alpha value is -6.29. The van der Waals surface area contributed by atoms with Gasteiger partial charge in [-0.15, -0.1) is 16.5 Å². The second-order valence-corrected chi connectivity index (χ2v) is 20.7. The van der Waals surface area contributed by atoms with Crippen LogP contribution in [0.5, 0.6) is 0 Å². The van der Waals surface area contributed by atoms with Crippen LogP contribution in [0.2, 0.25) is 0 Å². The monoisotopic (exact) mass is 806 g/mol. The minimum atomic E-state index is -0.0320. The molecule has 0 aliphatic carbocycles. The van der Waals surface area contributed by atoms with E-state index >= 15 is 0 Å². The van der Waals surface area contributed by atoms with Gasteiger partial charge < -0.3 is 9.47 Å². The molecule has 60 heavy (non-hydrogen) atoms. The zero-order valence-corrected chi connectivity index (χ0v) is 34.8. The summed E-state index contributed by atoms with van der Waals surface area (Å²) in [5, 5.41) is 11.2. The fourth-order valence-corrected chi connectivity index (χ4v) is 15.7. The van der Waals surface area contributed by atoms with Gasteiger partial charge in [-0.25, -0.2) is 0 Å². The minimum absolute atomic E-state index is 0.0320. The summed E-state index contributed by atoms with van der Waals surface area (Å²) in [4.78, 5) is 2.46. The van der Waals surface area contributed by atoms with Gasteiger partial charge in [-0.3, -0.25) is 0 Å². The van der Waals surface area contributed by atoms with Crippen molar-refractivity contribution in [3.05, 3.63) is 194 Å². The molecule has 0 amide bonds. The van der Waals surface area contributed by atoms with Crippen LogP contribution in [0.15, 0.2) is 188 Å². The third-order valence-corrected chi connectivity index (χ3v) is 18.1. The van der Waals surface area contributed by atoms with Crippen LogP contribution in [-0.4, -0.2) is 15.1 Å². The fourth-order valence-electron chi connectivity index (χ4n) is 11.0. The van der Waals surface area contributed by atoms with Gasteiger partial charge in [-0.05, 0) is 143 Å². The highest BCUT2D eigenvalue weighted by Crippen LogP contribution is 2.61. The number of nitrogens with zero attached hydrogens (tertiary/aromatic N) is 2. The lowest BCUT2D eigenvalue weighted by Gasteiger charge is -2.32.